The van der Waals surface area contributed by atoms with Crippen molar-refractivity contribution in [3.63, 3.8) is 0 Å². The van der Waals surface area contributed by atoms with Gasteiger partial charge < -0.3 is 15.3 Å². The van der Waals surface area contributed by atoms with Crippen molar-refractivity contribution in [2.45, 2.75) is 6.92 Å². The summed E-state index contributed by atoms with van der Waals surface area (Å²) in [5.41, 5.74) is 0.708. The lowest BCUT2D eigenvalue weighted by molar-refractivity contribution is -0.120. The van der Waals surface area contributed by atoms with Crippen LogP contribution in [0.1, 0.15) is 15.9 Å². The molecule has 166 valence electrons. The van der Waals surface area contributed by atoms with Gasteiger partial charge in [-0.25, -0.2) is 14.8 Å². The molecule has 11 heteroatoms. The number of nitrogens with zero attached hydrogens (tertiary/aromatic N) is 5. The molecule has 0 spiro atoms. The van der Waals surface area contributed by atoms with Crippen molar-refractivity contribution in [1.82, 2.24) is 19.5 Å². The molecule has 0 bridgehead atoms. The zero-order valence-electron chi connectivity index (χ0n) is 17.4. The molecule has 4 aromatic heterocycles. The Hall–Kier alpha value is -4.12. The molecule has 1 saturated heterocycles. The van der Waals surface area contributed by atoms with Crippen molar-refractivity contribution in [3.8, 4) is 5.13 Å². The van der Waals surface area contributed by atoms with Crippen LogP contribution in [0.4, 0.5) is 11.5 Å². The third kappa shape index (κ3) is 3.72. The number of fused-ring (bicyclic) bond motifs is 1. The minimum atomic E-state index is -1.30. The molecule has 0 aromatic carbocycles. The van der Waals surface area contributed by atoms with Gasteiger partial charge in [0.1, 0.15) is 11.4 Å². The van der Waals surface area contributed by atoms with E-state index in [1.54, 1.807) is 49.1 Å². The number of anilines is 2. The number of hydrogen-bond acceptors (Lipinski definition) is 8. The molecular formula is C22H18N6O4S. The summed E-state index contributed by atoms with van der Waals surface area (Å²) in [6, 6.07) is 5.20. The number of aromatic carboxylic acids is 1. The molecule has 4 aromatic rings. The van der Waals surface area contributed by atoms with Gasteiger partial charge in [0.2, 0.25) is 11.3 Å². The number of amides is 1. The van der Waals surface area contributed by atoms with E-state index in [0.717, 1.165) is 0 Å². The summed E-state index contributed by atoms with van der Waals surface area (Å²) in [7, 11) is 0. The Morgan fingerprint density at radius 2 is 1.97 bits per heavy atom. The lowest BCUT2D eigenvalue weighted by Gasteiger charge is -2.39. The Labute approximate surface area is 191 Å². The molecule has 10 nitrogen and oxygen atoms in total. The number of rotatable bonds is 5. The highest BCUT2D eigenvalue weighted by Gasteiger charge is 2.34. The lowest BCUT2D eigenvalue weighted by atomic mass is 9.98. The van der Waals surface area contributed by atoms with E-state index in [9.17, 15) is 19.5 Å². The van der Waals surface area contributed by atoms with Crippen LogP contribution in [0.5, 0.6) is 0 Å². The van der Waals surface area contributed by atoms with E-state index in [1.807, 2.05) is 4.90 Å². The smallest absolute Gasteiger partial charge is 0.341 e. The molecule has 1 fully saturated rings. The van der Waals surface area contributed by atoms with Gasteiger partial charge in [0, 0.05) is 48.9 Å². The summed E-state index contributed by atoms with van der Waals surface area (Å²) in [4.78, 5) is 51.9. The highest BCUT2D eigenvalue weighted by Crippen LogP contribution is 2.29. The van der Waals surface area contributed by atoms with Gasteiger partial charge in [0.15, 0.2) is 10.8 Å². The Bertz CT molecular complexity index is 1430. The van der Waals surface area contributed by atoms with Gasteiger partial charge in [0.25, 0.3) is 0 Å². The average Bonchev–Trinajstić information content (AvgIpc) is 3.28. The second kappa shape index (κ2) is 8.10. The van der Waals surface area contributed by atoms with Crippen molar-refractivity contribution in [1.29, 1.82) is 0 Å². The topological polar surface area (TPSA) is 130 Å². The van der Waals surface area contributed by atoms with Gasteiger partial charge in [-0.05, 0) is 30.7 Å². The fraction of sp³-hybridized carbons (Fsp3) is 0.182. The van der Waals surface area contributed by atoms with Crippen LogP contribution in [0.25, 0.3) is 16.2 Å². The van der Waals surface area contributed by atoms with Crippen molar-refractivity contribution in [2.75, 3.05) is 23.3 Å². The molecule has 1 amide bonds. The predicted octanol–water partition coefficient (Wildman–Crippen LogP) is 2.32. The summed E-state index contributed by atoms with van der Waals surface area (Å²) < 4.78 is 1.54. The molecule has 0 aliphatic carbocycles. The Kier molecular flexibility index (Phi) is 5.09. The zero-order chi connectivity index (χ0) is 23.1. The average molecular weight is 462 g/mol. The second-order valence-corrected chi connectivity index (χ2v) is 8.56. The monoisotopic (exact) mass is 462 g/mol. The molecule has 0 radical (unpaired) electrons. The van der Waals surface area contributed by atoms with Crippen LogP contribution in [-0.2, 0) is 4.79 Å². The first-order valence-electron chi connectivity index (χ1n) is 10.1. The normalized spacial score (nSPS) is 13.7. The van der Waals surface area contributed by atoms with Crippen LogP contribution in [0.15, 0.2) is 53.2 Å². The number of aromatic nitrogens is 4. The van der Waals surface area contributed by atoms with Gasteiger partial charge in [-0.2, -0.15) is 0 Å². The molecule has 1 aliphatic rings. The first kappa shape index (κ1) is 20.8. The van der Waals surface area contributed by atoms with E-state index in [-0.39, 0.29) is 22.8 Å². The van der Waals surface area contributed by atoms with Gasteiger partial charge in [-0.1, -0.05) is 0 Å². The van der Waals surface area contributed by atoms with E-state index < -0.39 is 11.4 Å². The summed E-state index contributed by atoms with van der Waals surface area (Å²) in [6.45, 7) is 2.70. The number of pyridine rings is 3. The van der Waals surface area contributed by atoms with Gasteiger partial charge >= 0.3 is 5.97 Å². The predicted molar refractivity (Wildman–Crippen MR) is 123 cm³/mol. The van der Waals surface area contributed by atoms with Gasteiger partial charge in [-0.15, -0.1) is 11.3 Å². The number of thiazole rings is 1. The van der Waals surface area contributed by atoms with E-state index in [0.29, 0.717) is 40.9 Å². The molecule has 0 unspecified atom stereocenters. The standard InChI is InChI=1S/C22H18N6O4S/c1-12-8-16(27-9-13(10-27)20(30)25-14-2-4-23-5-3-14)26-19-17(12)18(29)15(21(31)32)11-28(19)22-24-6-7-33-22/h2-8,11,13H,9-10H2,1H3,(H,31,32)(H,23,25,30). The minimum Gasteiger partial charge on any atom is -0.477 e. The van der Waals surface area contributed by atoms with Crippen LogP contribution in [0.2, 0.25) is 0 Å². The van der Waals surface area contributed by atoms with Crippen LogP contribution >= 0.6 is 11.3 Å². The number of hydrogen-bond donors (Lipinski definition) is 2. The molecule has 1 aliphatic heterocycles. The third-order valence-electron chi connectivity index (χ3n) is 5.52. The number of nitrogens with one attached hydrogen (secondary N) is 1. The molecule has 2 N–H and O–H groups in total. The summed E-state index contributed by atoms with van der Waals surface area (Å²) in [6.07, 6.45) is 6.09. The Balaban J connectivity index is 1.48. The molecule has 5 heterocycles. The van der Waals surface area contributed by atoms with E-state index in [2.05, 4.69) is 20.3 Å². The molecule has 33 heavy (non-hydrogen) atoms. The molecular weight excluding hydrogens is 444 g/mol. The lowest BCUT2D eigenvalue weighted by Crippen LogP contribution is -2.52. The first-order chi connectivity index (χ1) is 15.9. The number of carbonyl (C=O) groups excluding carboxylic acids is 1. The quantitative estimate of drug-likeness (QED) is 0.462. The van der Waals surface area contributed by atoms with Crippen LogP contribution < -0.4 is 15.6 Å². The Morgan fingerprint density at radius 3 is 2.64 bits per heavy atom. The minimum absolute atomic E-state index is 0.0826. The van der Waals surface area contributed by atoms with Crippen molar-refractivity contribution in [3.05, 3.63) is 69.7 Å². The largest absolute Gasteiger partial charge is 0.477 e. The zero-order valence-corrected chi connectivity index (χ0v) is 18.2. The summed E-state index contributed by atoms with van der Waals surface area (Å²) in [5.74, 6) is -0.977. The first-order valence-corrected chi connectivity index (χ1v) is 11.0. The maximum absolute atomic E-state index is 12.9. The number of carboxylic acid groups (broad SMARTS) is 1. The molecule has 0 saturated carbocycles. The maximum Gasteiger partial charge on any atom is 0.341 e. The third-order valence-corrected chi connectivity index (χ3v) is 6.29. The highest BCUT2D eigenvalue weighted by molar-refractivity contribution is 7.12. The van der Waals surface area contributed by atoms with Crippen LogP contribution in [-0.4, -0.2) is 49.6 Å². The number of carbonyl (C=O) groups is 2. The van der Waals surface area contributed by atoms with Crippen molar-refractivity contribution < 1.29 is 14.7 Å². The van der Waals surface area contributed by atoms with Gasteiger partial charge in [-0.3, -0.25) is 19.1 Å². The summed E-state index contributed by atoms with van der Waals surface area (Å²) >= 11 is 1.31. The number of aryl methyl sites for hydroxylation is 1. The van der Waals surface area contributed by atoms with E-state index >= 15 is 0 Å². The van der Waals surface area contributed by atoms with E-state index in [4.69, 9.17) is 0 Å². The summed E-state index contributed by atoms with van der Waals surface area (Å²) in [5, 5.41) is 14.9. The molecule has 0 atom stereocenters. The van der Waals surface area contributed by atoms with E-state index in [1.165, 1.54) is 22.1 Å². The van der Waals surface area contributed by atoms with Crippen LogP contribution in [0, 0.1) is 12.8 Å². The van der Waals surface area contributed by atoms with Crippen LogP contribution in [0.3, 0.4) is 0 Å². The fourth-order valence-electron chi connectivity index (χ4n) is 3.78. The Morgan fingerprint density at radius 1 is 1.21 bits per heavy atom. The molecule has 5 rings (SSSR count). The SMILES string of the molecule is Cc1cc(N2CC(C(=O)Nc3ccncc3)C2)nc2c1c(=O)c(C(=O)O)cn2-c1nccs1. The highest BCUT2D eigenvalue weighted by atomic mass is 32.1. The van der Waals surface area contributed by atoms with Crippen molar-refractivity contribution >= 4 is 45.8 Å². The number of carboxylic acids is 1. The fourth-order valence-corrected chi connectivity index (χ4v) is 4.40. The van der Waals surface area contributed by atoms with Gasteiger partial charge in [0.05, 0.1) is 11.3 Å². The second-order valence-electron chi connectivity index (χ2n) is 7.68. The maximum atomic E-state index is 12.9. The van der Waals surface area contributed by atoms with Crippen molar-refractivity contribution in [2.24, 2.45) is 5.92 Å².